The molecule has 2 heterocycles. The topological polar surface area (TPSA) is 79.5 Å². The number of rotatable bonds is 6. The molecule has 0 aliphatic carbocycles. The van der Waals surface area contributed by atoms with Crippen molar-refractivity contribution in [1.29, 1.82) is 0 Å². The van der Waals surface area contributed by atoms with E-state index in [1.54, 1.807) is 11.1 Å². The lowest BCUT2D eigenvalue weighted by Gasteiger charge is -2.24. The van der Waals surface area contributed by atoms with Crippen LogP contribution in [0.2, 0.25) is 0 Å². The van der Waals surface area contributed by atoms with Crippen LogP contribution in [0.3, 0.4) is 0 Å². The molecule has 1 atom stereocenters. The summed E-state index contributed by atoms with van der Waals surface area (Å²) in [7, 11) is 0. The van der Waals surface area contributed by atoms with Crippen molar-refractivity contribution in [3.05, 3.63) is 54.4 Å². The third-order valence-corrected chi connectivity index (χ3v) is 5.22. The second kappa shape index (κ2) is 9.46. The molecule has 3 rings (SSSR count). The molecular formula is C22H28N4O2. The monoisotopic (exact) mass is 380 g/mol. The first-order chi connectivity index (χ1) is 13.6. The Morgan fingerprint density at radius 3 is 2.75 bits per heavy atom. The number of nitrogens with two attached hydrogens (primary N) is 1. The third kappa shape index (κ3) is 4.57. The maximum atomic E-state index is 13.2. The standard InChI is InChI=1S/C22H28N4O2/c1-2-10-25-11-12-26(21(27)14-23)16-19(22(25)28)13-17-6-3-4-8-20(17)18-7-5-9-24-15-18/h3-9,15,19H,2,10-14,16,23H2,1H3. The summed E-state index contributed by atoms with van der Waals surface area (Å²) in [5.74, 6) is -0.255. The van der Waals surface area contributed by atoms with Crippen molar-refractivity contribution in [3.8, 4) is 11.1 Å². The van der Waals surface area contributed by atoms with Crippen LogP contribution >= 0.6 is 0 Å². The average Bonchev–Trinajstić information content (AvgIpc) is 2.89. The Balaban J connectivity index is 1.90. The fourth-order valence-electron chi connectivity index (χ4n) is 3.81. The predicted molar refractivity (Wildman–Crippen MR) is 109 cm³/mol. The average molecular weight is 380 g/mol. The third-order valence-electron chi connectivity index (χ3n) is 5.22. The molecule has 1 aromatic carbocycles. The molecule has 0 radical (unpaired) electrons. The van der Waals surface area contributed by atoms with Gasteiger partial charge in [-0.2, -0.15) is 0 Å². The van der Waals surface area contributed by atoms with Gasteiger partial charge in [0.25, 0.3) is 0 Å². The Labute approximate surface area is 166 Å². The lowest BCUT2D eigenvalue weighted by Crippen LogP contribution is -2.40. The van der Waals surface area contributed by atoms with Gasteiger partial charge >= 0.3 is 0 Å². The van der Waals surface area contributed by atoms with Crippen LogP contribution in [0.15, 0.2) is 48.8 Å². The Morgan fingerprint density at radius 2 is 2.04 bits per heavy atom. The smallest absolute Gasteiger partial charge is 0.236 e. The highest BCUT2D eigenvalue weighted by Crippen LogP contribution is 2.26. The van der Waals surface area contributed by atoms with Gasteiger partial charge in [0.1, 0.15) is 0 Å². The molecule has 1 saturated heterocycles. The molecule has 1 aliphatic heterocycles. The SMILES string of the molecule is CCCN1CCN(C(=O)CN)CC(Cc2ccccc2-c2cccnc2)C1=O. The number of carbonyl (C=O) groups excluding carboxylic acids is 2. The van der Waals surface area contributed by atoms with Crippen molar-refractivity contribution < 1.29 is 9.59 Å². The van der Waals surface area contributed by atoms with Crippen LogP contribution in [0.5, 0.6) is 0 Å². The van der Waals surface area contributed by atoms with E-state index < -0.39 is 0 Å². The molecule has 28 heavy (non-hydrogen) atoms. The van der Waals surface area contributed by atoms with Crippen molar-refractivity contribution in [2.24, 2.45) is 11.7 Å². The van der Waals surface area contributed by atoms with Crippen LogP contribution in [0.4, 0.5) is 0 Å². The molecule has 0 bridgehead atoms. The van der Waals surface area contributed by atoms with E-state index in [4.69, 9.17) is 5.73 Å². The Kier molecular flexibility index (Phi) is 6.76. The quantitative estimate of drug-likeness (QED) is 0.831. The zero-order chi connectivity index (χ0) is 19.9. The number of hydrogen-bond acceptors (Lipinski definition) is 4. The van der Waals surface area contributed by atoms with E-state index in [-0.39, 0.29) is 24.3 Å². The molecular weight excluding hydrogens is 352 g/mol. The van der Waals surface area contributed by atoms with Gasteiger partial charge in [-0.25, -0.2) is 0 Å². The minimum atomic E-state index is -0.276. The number of aromatic nitrogens is 1. The molecule has 0 spiro atoms. The molecule has 1 aliphatic rings. The number of hydrogen-bond donors (Lipinski definition) is 1. The number of pyridine rings is 1. The summed E-state index contributed by atoms with van der Waals surface area (Å²) in [6.45, 7) is 4.27. The molecule has 1 unspecified atom stereocenters. The Morgan fingerprint density at radius 1 is 1.21 bits per heavy atom. The Bertz CT molecular complexity index is 809. The van der Waals surface area contributed by atoms with Crippen LogP contribution < -0.4 is 5.73 Å². The zero-order valence-electron chi connectivity index (χ0n) is 16.4. The van der Waals surface area contributed by atoms with Gasteiger partial charge in [0.2, 0.25) is 11.8 Å². The van der Waals surface area contributed by atoms with Gasteiger partial charge < -0.3 is 15.5 Å². The fraction of sp³-hybridized carbons (Fsp3) is 0.409. The molecule has 6 heteroatoms. The van der Waals surface area contributed by atoms with Crippen LogP contribution in [-0.4, -0.2) is 59.3 Å². The molecule has 0 saturated carbocycles. The van der Waals surface area contributed by atoms with Gasteiger partial charge in [0, 0.05) is 44.1 Å². The van der Waals surface area contributed by atoms with Crippen molar-refractivity contribution >= 4 is 11.8 Å². The van der Waals surface area contributed by atoms with Crippen LogP contribution in [0, 0.1) is 5.92 Å². The normalized spacial score (nSPS) is 17.5. The zero-order valence-corrected chi connectivity index (χ0v) is 16.4. The van der Waals surface area contributed by atoms with Gasteiger partial charge in [-0.1, -0.05) is 37.3 Å². The molecule has 6 nitrogen and oxygen atoms in total. The number of nitrogens with zero attached hydrogens (tertiary/aromatic N) is 3. The fourth-order valence-corrected chi connectivity index (χ4v) is 3.81. The first kappa shape index (κ1) is 20.0. The van der Waals surface area contributed by atoms with Crippen LogP contribution in [0.25, 0.3) is 11.1 Å². The number of amides is 2. The first-order valence-corrected chi connectivity index (χ1v) is 9.89. The summed E-state index contributed by atoms with van der Waals surface area (Å²) in [5, 5.41) is 0. The highest BCUT2D eigenvalue weighted by Gasteiger charge is 2.32. The Hall–Kier alpha value is -2.73. The van der Waals surface area contributed by atoms with Crippen molar-refractivity contribution in [1.82, 2.24) is 14.8 Å². The molecule has 2 amide bonds. The lowest BCUT2D eigenvalue weighted by atomic mass is 9.91. The minimum absolute atomic E-state index is 0.0268. The van der Waals surface area contributed by atoms with Crippen molar-refractivity contribution in [2.45, 2.75) is 19.8 Å². The van der Waals surface area contributed by atoms with E-state index in [1.165, 1.54) is 0 Å². The van der Waals surface area contributed by atoms with Crippen LogP contribution in [0.1, 0.15) is 18.9 Å². The molecule has 1 aromatic heterocycles. The number of benzene rings is 1. The largest absolute Gasteiger partial charge is 0.341 e. The summed E-state index contributed by atoms with van der Waals surface area (Å²) in [4.78, 5) is 33.3. The first-order valence-electron chi connectivity index (χ1n) is 9.89. The van der Waals surface area contributed by atoms with E-state index in [9.17, 15) is 9.59 Å². The summed E-state index contributed by atoms with van der Waals surface area (Å²) in [6.07, 6.45) is 5.06. The van der Waals surface area contributed by atoms with E-state index in [1.807, 2.05) is 35.4 Å². The molecule has 1 fully saturated rings. The maximum absolute atomic E-state index is 13.2. The van der Waals surface area contributed by atoms with E-state index in [2.05, 4.69) is 24.0 Å². The van der Waals surface area contributed by atoms with E-state index in [0.29, 0.717) is 32.6 Å². The summed E-state index contributed by atoms with van der Waals surface area (Å²) in [6, 6.07) is 12.0. The predicted octanol–water partition coefficient (Wildman–Crippen LogP) is 1.95. The van der Waals surface area contributed by atoms with Gasteiger partial charge in [0.15, 0.2) is 0 Å². The second-order valence-corrected chi connectivity index (χ2v) is 7.17. The van der Waals surface area contributed by atoms with Gasteiger partial charge in [-0.3, -0.25) is 14.6 Å². The molecule has 148 valence electrons. The maximum Gasteiger partial charge on any atom is 0.236 e. The lowest BCUT2D eigenvalue weighted by molar-refractivity contribution is -0.134. The van der Waals surface area contributed by atoms with Gasteiger partial charge in [-0.15, -0.1) is 0 Å². The van der Waals surface area contributed by atoms with E-state index in [0.717, 1.165) is 23.1 Å². The van der Waals surface area contributed by atoms with E-state index >= 15 is 0 Å². The highest BCUT2D eigenvalue weighted by molar-refractivity contribution is 5.83. The second-order valence-electron chi connectivity index (χ2n) is 7.17. The molecule has 2 aromatic rings. The van der Waals surface area contributed by atoms with Crippen molar-refractivity contribution in [2.75, 3.05) is 32.7 Å². The summed E-state index contributed by atoms with van der Waals surface area (Å²) in [5.41, 5.74) is 8.78. The number of carbonyl (C=O) groups is 2. The summed E-state index contributed by atoms with van der Waals surface area (Å²) >= 11 is 0. The highest BCUT2D eigenvalue weighted by atomic mass is 16.2. The van der Waals surface area contributed by atoms with Gasteiger partial charge in [-0.05, 0) is 30.0 Å². The van der Waals surface area contributed by atoms with Crippen LogP contribution in [-0.2, 0) is 16.0 Å². The van der Waals surface area contributed by atoms with Gasteiger partial charge in [0.05, 0.1) is 12.5 Å². The minimum Gasteiger partial charge on any atom is -0.341 e. The van der Waals surface area contributed by atoms with Crippen molar-refractivity contribution in [3.63, 3.8) is 0 Å². The summed E-state index contributed by atoms with van der Waals surface area (Å²) < 4.78 is 0. The molecule has 2 N–H and O–H groups in total.